The number of hydrogen-bond donors (Lipinski definition) is 0. The van der Waals surface area contributed by atoms with Gasteiger partial charge in [0.1, 0.15) is 0 Å². The van der Waals surface area contributed by atoms with E-state index >= 15 is 0 Å². The average Bonchev–Trinajstić information content (AvgIpc) is 3.55. The number of anilines is 3. The number of rotatable bonds is 6. The van der Waals surface area contributed by atoms with Crippen LogP contribution in [-0.2, 0) is 0 Å². The molecule has 226 valence electrons. The van der Waals surface area contributed by atoms with Crippen molar-refractivity contribution in [3.63, 3.8) is 0 Å². The Morgan fingerprint density at radius 1 is 0.354 bits per heavy atom. The second-order valence-corrected chi connectivity index (χ2v) is 13.2. The summed E-state index contributed by atoms with van der Waals surface area (Å²) < 4.78 is 2.57. The first-order valence-corrected chi connectivity index (χ1v) is 17.2. The van der Waals surface area contributed by atoms with Crippen LogP contribution in [0.4, 0.5) is 17.1 Å². The molecule has 1 nitrogen and oxygen atoms in total. The Balaban J connectivity index is 1.26. The maximum absolute atomic E-state index is 2.44. The van der Waals surface area contributed by atoms with Crippen LogP contribution in [0.2, 0.25) is 0 Å². The van der Waals surface area contributed by atoms with Crippen LogP contribution in [0.3, 0.4) is 0 Å². The highest BCUT2D eigenvalue weighted by molar-refractivity contribution is 7.26. The minimum atomic E-state index is 1.12. The molecule has 9 rings (SSSR count). The quantitative estimate of drug-likeness (QED) is 0.177. The van der Waals surface area contributed by atoms with Crippen LogP contribution < -0.4 is 4.90 Å². The standard InChI is InChI=1S/C46H31NS/c1-3-12-32(13-4-1)34-22-26-38(27-23-34)47(39-28-24-36(25-29-39)41-20-11-17-35-16-7-8-18-40(35)41)44-31-37(33-14-5-2-6-15-33)30-43-42-19-9-10-21-45(42)48-46(43)44/h1-31H. The van der Waals surface area contributed by atoms with Crippen LogP contribution in [0.1, 0.15) is 0 Å². The van der Waals surface area contributed by atoms with Gasteiger partial charge in [-0.15, -0.1) is 11.3 Å². The van der Waals surface area contributed by atoms with Gasteiger partial charge >= 0.3 is 0 Å². The zero-order chi connectivity index (χ0) is 31.9. The molecule has 0 unspecified atom stereocenters. The fourth-order valence-corrected chi connectivity index (χ4v) is 8.09. The molecular formula is C46H31NS. The van der Waals surface area contributed by atoms with Crippen LogP contribution in [0.15, 0.2) is 188 Å². The predicted octanol–water partition coefficient (Wildman–Crippen LogP) is 13.7. The maximum Gasteiger partial charge on any atom is 0.0646 e. The molecule has 0 aliphatic heterocycles. The van der Waals surface area contributed by atoms with E-state index in [-0.39, 0.29) is 0 Å². The molecule has 0 bridgehead atoms. The van der Waals surface area contributed by atoms with Crippen LogP contribution in [0.5, 0.6) is 0 Å². The fourth-order valence-electron chi connectivity index (χ4n) is 6.90. The molecule has 0 spiro atoms. The normalized spacial score (nSPS) is 11.3. The van der Waals surface area contributed by atoms with Gasteiger partial charge in [-0.3, -0.25) is 0 Å². The lowest BCUT2D eigenvalue weighted by molar-refractivity contribution is 1.30. The minimum Gasteiger partial charge on any atom is -0.309 e. The summed E-state index contributed by atoms with van der Waals surface area (Å²) in [5.74, 6) is 0. The van der Waals surface area contributed by atoms with Gasteiger partial charge in [-0.2, -0.15) is 0 Å². The van der Waals surface area contributed by atoms with E-state index in [9.17, 15) is 0 Å². The van der Waals surface area contributed by atoms with Crippen molar-refractivity contribution in [1.82, 2.24) is 0 Å². The van der Waals surface area contributed by atoms with E-state index in [0.717, 1.165) is 11.4 Å². The number of thiophene rings is 1. The van der Waals surface area contributed by atoms with Crippen molar-refractivity contribution in [3.8, 4) is 33.4 Å². The van der Waals surface area contributed by atoms with Crippen molar-refractivity contribution in [1.29, 1.82) is 0 Å². The Kier molecular flexibility index (Phi) is 7.07. The predicted molar refractivity (Wildman–Crippen MR) is 208 cm³/mol. The van der Waals surface area contributed by atoms with Gasteiger partial charge in [0.05, 0.1) is 10.4 Å². The molecule has 0 saturated carbocycles. The van der Waals surface area contributed by atoms with Crippen molar-refractivity contribution < 1.29 is 0 Å². The van der Waals surface area contributed by atoms with E-state index in [4.69, 9.17) is 0 Å². The Bertz CT molecular complexity index is 2530. The zero-order valence-corrected chi connectivity index (χ0v) is 27.1. The van der Waals surface area contributed by atoms with Gasteiger partial charge in [0.15, 0.2) is 0 Å². The molecule has 8 aromatic carbocycles. The molecule has 0 atom stereocenters. The lowest BCUT2D eigenvalue weighted by Gasteiger charge is -2.27. The van der Waals surface area contributed by atoms with Crippen LogP contribution in [0, 0.1) is 0 Å². The van der Waals surface area contributed by atoms with Crippen molar-refractivity contribution >= 4 is 59.3 Å². The Hall–Kier alpha value is -5.96. The number of fused-ring (bicyclic) bond motifs is 4. The minimum absolute atomic E-state index is 1.12. The summed E-state index contributed by atoms with van der Waals surface area (Å²) in [6.45, 7) is 0. The second kappa shape index (κ2) is 12.0. The third kappa shape index (κ3) is 5.04. The lowest BCUT2D eigenvalue weighted by Crippen LogP contribution is -2.10. The molecule has 48 heavy (non-hydrogen) atoms. The van der Waals surface area contributed by atoms with Gasteiger partial charge in [0.25, 0.3) is 0 Å². The second-order valence-electron chi connectivity index (χ2n) is 12.2. The molecule has 0 amide bonds. The summed E-state index contributed by atoms with van der Waals surface area (Å²) in [4.78, 5) is 2.44. The van der Waals surface area contributed by atoms with Gasteiger partial charge in [-0.05, 0) is 86.6 Å². The Labute approximate surface area is 284 Å². The van der Waals surface area contributed by atoms with Gasteiger partial charge in [-0.1, -0.05) is 146 Å². The third-order valence-electron chi connectivity index (χ3n) is 9.27. The molecule has 9 aromatic rings. The molecule has 0 aliphatic rings. The van der Waals surface area contributed by atoms with E-state index in [1.54, 1.807) is 0 Å². The van der Waals surface area contributed by atoms with Crippen LogP contribution in [-0.4, -0.2) is 0 Å². The van der Waals surface area contributed by atoms with Gasteiger partial charge in [0, 0.05) is 26.8 Å². The summed E-state index contributed by atoms with van der Waals surface area (Å²) >= 11 is 1.87. The SMILES string of the molecule is c1ccc(-c2ccc(N(c3ccc(-c4cccc5ccccc45)cc3)c3cc(-c4ccccc4)cc4c3sc3ccccc34)cc2)cc1. The summed E-state index contributed by atoms with van der Waals surface area (Å²) in [7, 11) is 0. The monoisotopic (exact) mass is 629 g/mol. The van der Waals surface area contributed by atoms with Crippen molar-refractivity contribution in [2.75, 3.05) is 4.90 Å². The van der Waals surface area contributed by atoms with E-state index in [2.05, 4.69) is 193 Å². The fraction of sp³-hybridized carbons (Fsp3) is 0. The van der Waals surface area contributed by atoms with Gasteiger partial charge in [-0.25, -0.2) is 0 Å². The molecule has 0 saturated heterocycles. The number of benzene rings is 8. The zero-order valence-electron chi connectivity index (χ0n) is 26.3. The highest BCUT2D eigenvalue weighted by Gasteiger charge is 2.20. The molecular weight excluding hydrogens is 599 g/mol. The average molecular weight is 630 g/mol. The Morgan fingerprint density at radius 2 is 0.896 bits per heavy atom. The molecule has 1 heterocycles. The molecule has 0 radical (unpaired) electrons. The van der Waals surface area contributed by atoms with Crippen molar-refractivity contribution in [3.05, 3.63) is 188 Å². The lowest BCUT2D eigenvalue weighted by atomic mass is 9.97. The first-order chi connectivity index (χ1) is 23.8. The largest absolute Gasteiger partial charge is 0.309 e. The molecule has 0 N–H and O–H groups in total. The van der Waals surface area contributed by atoms with Gasteiger partial charge < -0.3 is 4.90 Å². The summed E-state index contributed by atoms with van der Waals surface area (Å²) in [5.41, 5.74) is 10.7. The molecule has 2 heteroatoms. The summed E-state index contributed by atoms with van der Waals surface area (Å²) in [6, 6.07) is 68.1. The molecule has 0 aliphatic carbocycles. The first kappa shape index (κ1) is 28.3. The van der Waals surface area contributed by atoms with Crippen molar-refractivity contribution in [2.45, 2.75) is 0 Å². The van der Waals surface area contributed by atoms with E-state index in [1.807, 2.05) is 11.3 Å². The topological polar surface area (TPSA) is 3.24 Å². The van der Waals surface area contributed by atoms with Crippen molar-refractivity contribution in [2.24, 2.45) is 0 Å². The van der Waals surface area contributed by atoms with E-state index < -0.39 is 0 Å². The summed E-state index contributed by atoms with van der Waals surface area (Å²) in [5, 5.41) is 5.10. The highest BCUT2D eigenvalue weighted by atomic mass is 32.1. The summed E-state index contributed by atoms with van der Waals surface area (Å²) in [6.07, 6.45) is 0. The van der Waals surface area contributed by atoms with Crippen LogP contribution >= 0.6 is 11.3 Å². The Morgan fingerprint density at radius 3 is 1.60 bits per heavy atom. The molecule has 1 aromatic heterocycles. The highest BCUT2D eigenvalue weighted by Crippen LogP contribution is 2.47. The number of nitrogens with zero attached hydrogens (tertiary/aromatic N) is 1. The molecule has 0 fully saturated rings. The van der Waals surface area contributed by atoms with Crippen LogP contribution in [0.25, 0.3) is 64.3 Å². The van der Waals surface area contributed by atoms with E-state index in [0.29, 0.717) is 0 Å². The first-order valence-electron chi connectivity index (χ1n) is 16.3. The third-order valence-corrected chi connectivity index (χ3v) is 10.5. The number of hydrogen-bond acceptors (Lipinski definition) is 2. The maximum atomic E-state index is 2.44. The smallest absolute Gasteiger partial charge is 0.0646 e. The van der Waals surface area contributed by atoms with E-state index in [1.165, 1.54) is 70.0 Å². The van der Waals surface area contributed by atoms with Gasteiger partial charge in [0.2, 0.25) is 0 Å².